The van der Waals surface area contributed by atoms with E-state index in [0.717, 1.165) is 11.3 Å². The fraction of sp³-hybridized carbons (Fsp3) is 0.250. The van der Waals surface area contributed by atoms with Crippen molar-refractivity contribution < 1.29 is 9.53 Å². The van der Waals surface area contributed by atoms with Crippen LogP contribution in [0.25, 0.3) is 0 Å². The number of carbonyl (C=O) groups is 1. The summed E-state index contributed by atoms with van der Waals surface area (Å²) in [7, 11) is 3.27. The number of pyridine rings is 1. The quantitative estimate of drug-likeness (QED) is 0.803. The molecule has 1 aromatic carbocycles. The Morgan fingerprint density at radius 2 is 1.95 bits per heavy atom. The number of aryl methyl sites for hydroxylation is 1. The third-order valence-corrected chi connectivity index (χ3v) is 3.45. The zero-order chi connectivity index (χ0) is 14.7. The summed E-state index contributed by atoms with van der Waals surface area (Å²) in [6, 6.07) is 9.52. The van der Waals surface area contributed by atoms with Gasteiger partial charge in [0.15, 0.2) is 0 Å². The van der Waals surface area contributed by atoms with E-state index in [4.69, 9.17) is 4.74 Å². The third kappa shape index (κ3) is 2.50. The summed E-state index contributed by atoms with van der Waals surface area (Å²) >= 11 is 0. The molecule has 0 unspecified atom stereocenters. The Labute approximate surface area is 119 Å². The van der Waals surface area contributed by atoms with Gasteiger partial charge in [-0.15, -0.1) is 0 Å². The van der Waals surface area contributed by atoms with Crippen molar-refractivity contribution in [2.24, 2.45) is 0 Å². The minimum Gasteiger partial charge on any atom is -0.465 e. The van der Waals surface area contributed by atoms with Crippen LogP contribution in [0, 0.1) is 13.8 Å². The molecule has 0 amide bonds. The maximum Gasteiger partial charge on any atom is 0.341 e. The molecule has 0 aliphatic carbocycles. The maximum atomic E-state index is 11.8. The maximum absolute atomic E-state index is 11.8. The van der Waals surface area contributed by atoms with Crippen molar-refractivity contribution in [3.8, 4) is 0 Å². The summed E-state index contributed by atoms with van der Waals surface area (Å²) < 4.78 is 4.81. The number of carbonyl (C=O) groups excluding carboxylic acids is 1. The summed E-state index contributed by atoms with van der Waals surface area (Å²) in [4.78, 5) is 18.1. The molecular formula is C16H18N2O2. The second-order valence-corrected chi connectivity index (χ2v) is 4.64. The Hall–Kier alpha value is -2.36. The molecule has 1 heterocycles. The van der Waals surface area contributed by atoms with E-state index in [9.17, 15) is 4.79 Å². The van der Waals surface area contributed by atoms with Gasteiger partial charge in [-0.3, -0.25) is 0 Å². The molecule has 0 spiro atoms. The fourth-order valence-corrected chi connectivity index (χ4v) is 2.15. The molecule has 4 nitrogen and oxygen atoms in total. The van der Waals surface area contributed by atoms with Crippen molar-refractivity contribution in [3.63, 3.8) is 0 Å². The average molecular weight is 270 g/mol. The summed E-state index contributed by atoms with van der Waals surface area (Å²) in [6.45, 7) is 4.12. The van der Waals surface area contributed by atoms with Crippen LogP contribution in [-0.2, 0) is 4.74 Å². The molecule has 104 valence electrons. The van der Waals surface area contributed by atoms with Crippen molar-refractivity contribution in [2.45, 2.75) is 13.8 Å². The first-order valence-corrected chi connectivity index (χ1v) is 6.39. The lowest BCUT2D eigenvalue weighted by molar-refractivity contribution is 0.0601. The highest BCUT2D eigenvalue weighted by Crippen LogP contribution is 2.29. The largest absolute Gasteiger partial charge is 0.465 e. The van der Waals surface area contributed by atoms with E-state index >= 15 is 0 Å². The van der Waals surface area contributed by atoms with Gasteiger partial charge < -0.3 is 9.64 Å². The van der Waals surface area contributed by atoms with Crippen LogP contribution in [0.1, 0.15) is 21.5 Å². The molecule has 0 saturated heterocycles. The summed E-state index contributed by atoms with van der Waals surface area (Å²) in [5, 5.41) is 0. The fourth-order valence-electron chi connectivity index (χ4n) is 2.15. The molecule has 2 rings (SSSR count). The minimum atomic E-state index is -0.384. The SMILES string of the molecule is COC(=O)c1cccnc1N(C)c1cccc(C)c1C. The lowest BCUT2D eigenvalue weighted by atomic mass is 10.1. The first kappa shape index (κ1) is 14.1. The lowest BCUT2D eigenvalue weighted by Crippen LogP contribution is -2.17. The Bertz CT molecular complexity index is 638. The van der Waals surface area contributed by atoms with Crippen molar-refractivity contribution in [1.29, 1.82) is 0 Å². The lowest BCUT2D eigenvalue weighted by Gasteiger charge is -2.23. The number of hydrogen-bond acceptors (Lipinski definition) is 4. The Kier molecular flexibility index (Phi) is 4.03. The van der Waals surface area contributed by atoms with Crippen molar-refractivity contribution in [3.05, 3.63) is 53.2 Å². The van der Waals surface area contributed by atoms with Gasteiger partial charge in [-0.05, 0) is 43.2 Å². The summed E-state index contributed by atoms with van der Waals surface area (Å²) in [5.74, 6) is 0.207. The Balaban J connectivity index is 2.51. The Morgan fingerprint density at radius 3 is 2.65 bits per heavy atom. The topological polar surface area (TPSA) is 42.4 Å². The van der Waals surface area contributed by atoms with Gasteiger partial charge in [0.25, 0.3) is 0 Å². The van der Waals surface area contributed by atoms with Gasteiger partial charge in [-0.25, -0.2) is 9.78 Å². The van der Waals surface area contributed by atoms with E-state index in [2.05, 4.69) is 24.9 Å². The summed E-state index contributed by atoms with van der Waals surface area (Å²) in [6.07, 6.45) is 1.67. The van der Waals surface area contributed by atoms with Crippen LogP contribution in [0.3, 0.4) is 0 Å². The van der Waals surface area contributed by atoms with E-state index in [1.807, 2.05) is 24.1 Å². The normalized spacial score (nSPS) is 10.2. The van der Waals surface area contributed by atoms with Gasteiger partial charge in [0.1, 0.15) is 11.4 Å². The standard InChI is InChI=1S/C16H18N2O2/c1-11-7-5-9-14(12(11)2)18(3)15-13(16(19)20-4)8-6-10-17-15/h5-10H,1-4H3. The number of nitrogens with zero attached hydrogens (tertiary/aromatic N) is 2. The Morgan fingerprint density at radius 1 is 1.20 bits per heavy atom. The highest BCUT2D eigenvalue weighted by Gasteiger charge is 2.18. The van der Waals surface area contributed by atoms with Gasteiger partial charge in [0.05, 0.1) is 7.11 Å². The predicted molar refractivity (Wildman–Crippen MR) is 79.6 cm³/mol. The number of benzene rings is 1. The molecule has 0 fully saturated rings. The van der Waals surface area contributed by atoms with Crippen LogP contribution in [0.4, 0.5) is 11.5 Å². The molecule has 0 saturated carbocycles. The number of ether oxygens (including phenoxy) is 1. The average Bonchev–Trinajstić information content (AvgIpc) is 2.48. The van der Waals surface area contributed by atoms with Crippen LogP contribution in [0.15, 0.2) is 36.5 Å². The zero-order valence-corrected chi connectivity index (χ0v) is 12.2. The molecule has 0 aliphatic heterocycles. The second kappa shape index (κ2) is 5.74. The third-order valence-electron chi connectivity index (χ3n) is 3.45. The molecular weight excluding hydrogens is 252 g/mol. The molecule has 20 heavy (non-hydrogen) atoms. The molecule has 0 aliphatic rings. The number of esters is 1. The highest BCUT2D eigenvalue weighted by molar-refractivity contribution is 5.95. The minimum absolute atomic E-state index is 0.384. The molecule has 0 atom stereocenters. The molecule has 2 aromatic rings. The molecule has 0 N–H and O–H groups in total. The van der Waals surface area contributed by atoms with Crippen LogP contribution in [0.5, 0.6) is 0 Å². The van der Waals surface area contributed by atoms with Crippen molar-refractivity contribution in [2.75, 3.05) is 19.1 Å². The number of methoxy groups -OCH3 is 1. The molecule has 0 bridgehead atoms. The van der Waals surface area contributed by atoms with Gasteiger partial charge in [0, 0.05) is 18.9 Å². The number of aromatic nitrogens is 1. The van der Waals surface area contributed by atoms with E-state index in [0.29, 0.717) is 11.4 Å². The predicted octanol–water partition coefficient (Wildman–Crippen LogP) is 3.25. The van der Waals surface area contributed by atoms with E-state index in [1.54, 1.807) is 18.3 Å². The van der Waals surface area contributed by atoms with Gasteiger partial charge in [0.2, 0.25) is 0 Å². The van der Waals surface area contributed by atoms with Crippen molar-refractivity contribution in [1.82, 2.24) is 4.98 Å². The van der Waals surface area contributed by atoms with Gasteiger partial charge >= 0.3 is 5.97 Å². The van der Waals surface area contributed by atoms with Crippen LogP contribution >= 0.6 is 0 Å². The van der Waals surface area contributed by atoms with E-state index in [1.165, 1.54) is 12.7 Å². The number of hydrogen-bond donors (Lipinski definition) is 0. The smallest absolute Gasteiger partial charge is 0.341 e. The first-order valence-electron chi connectivity index (χ1n) is 6.39. The first-order chi connectivity index (χ1) is 9.56. The monoisotopic (exact) mass is 270 g/mol. The molecule has 1 aromatic heterocycles. The van der Waals surface area contributed by atoms with Crippen LogP contribution in [0.2, 0.25) is 0 Å². The van der Waals surface area contributed by atoms with Crippen molar-refractivity contribution >= 4 is 17.5 Å². The summed E-state index contributed by atoms with van der Waals surface area (Å²) in [5.41, 5.74) is 3.84. The highest BCUT2D eigenvalue weighted by atomic mass is 16.5. The second-order valence-electron chi connectivity index (χ2n) is 4.64. The van der Waals surface area contributed by atoms with Gasteiger partial charge in [-0.1, -0.05) is 12.1 Å². The molecule has 0 radical (unpaired) electrons. The number of rotatable bonds is 3. The van der Waals surface area contributed by atoms with Crippen LogP contribution in [-0.4, -0.2) is 25.1 Å². The van der Waals surface area contributed by atoms with E-state index in [-0.39, 0.29) is 5.97 Å². The molecule has 4 heteroatoms. The van der Waals surface area contributed by atoms with E-state index < -0.39 is 0 Å². The number of anilines is 2. The zero-order valence-electron chi connectivity index (χ0n) is 12.2. The van der Waals surface area contributed by atoms with Crippen LogP contribution < -0.4 is 4.90 Å². The van der Waals surface area contributed by atoms with Gasteiger partial charge in [-0.2, -0.15) is 0 Å².